The first-order chi connectivity index (χ1) is 13.9. The van der Waals surface area contributed by atoms with Crippen LogP contribution >= 0.6 is 0 Å². The van der Waals surface area contributed by atoms with Gasteiger partial charge in [0.25, 0.3) is 0 Å². The van der Waals surface area contributed by atoms with Crippen LogP contribution in [0.5, 0.6) is 0 Å². The predicted molar refractivity (Wildman–Crippen MR) is 121 cm³/mol. The second kappa shape index (κ2) is 7.09. The maximum atomic E-state index is 3.72. The van der Waals surface area contributed by atoms with Crippen molar-refractivity contribution in [3.05, 3.63) is 109 Å². The Morgan fingerprint density at radius 2 is 0.929 bits per heavy atom. The summed E-state index contributed by atoms with van der Waals surface area (Å²) in [4.78, 5) is 0. The van der Waals surface area contributed by atoms with Gasteiger partial charge in [-0.15, -0.1) is 0 Å². The fraction of sp³-hybridized carbons (Fsp3) is 0. The molecule has 134 valence electrons. The van der Waals surface area contributed by atoms with Crippen LogP contribution in [0.1, 0.15) is 0 Å². The van der Waals surface area contributed by atoms with E-state index < -0.39 is 0 Å². The summed E-state index contributed by atoms with van der Waals surface area (Å²) < 4.78 is 0. The molecule has 0 radical (unpaired) electrons. The Labute approximate surface area is 164 Å². The molecule has 0 saturated carbocycles. The minimum atomic E-state index is 1.05. The number of anilines is 4. The van der Waals surface area contributed by atoms with Crippen LogP contribution in [0.4, 0.5) is 22.7 Å². The highest BCUT2D eigenvalue weighted by atomic mass is 15.0. The second-order valence-corrected chi connectivity index (χ2v) is 6.86. The molecule has 0 aliphatic rings. The van der Waals surface area contributed by atoms with Crippen molar-refractivity contribution in [3.8, 4) is 0 Å². The van der Waals surface area contributed by atoms with E-state index >= 15 is 0 Å². The third-order valence-corrected chi connectivity index (χ3v) is 5.01. The molecule has 5 aromatic carbocycles. The van der Waals surface area contributed by atoms with E-state index in [0.29, 0.717) is 0 Å². The highest BCUT2D eigenvalue weighted by Crippen LogP contribution is 2.37. The highest BCUT2D eigenvalue weighted by Gasteiger charge is 2.10. The highest BCUT2D eigenvalue weighted by molar-refractivity contribution is 6.12. The maximum Gasteiger partial charge on any atom is 0.0623 e. The summed E-state index contributed by atoms with van der Waals surface area (Å²) in [5, 5.41) is 12.1. The second-order valence-electron chi connectivity index (χ2n) is 6.86. The van der Waals surface area contributed by atoms with Crippen molar-refractivity contribution in [2.24, 2.45) is 0 Å². The third-order valence-electron chi connectivity index (χ3n) is 5.01. The molecule has 0 amide bonds. The molecular formula is C26H20N2. The van der Waals surface area contributed by atoms with Gasteiger partial charge in [-0.05, 0) is 41.1 Å². The molecule has 0 saturated heterocycles. The monoisotopic (exact) mass is 360 g/mol. The summed E-state index contributed by atoms with van der Waals surface area (Å²) in [6.45, 7) is 0. The Kier molecular flexibility index (Phi) is 4.15. The molecule has 28 heavy (non-hydrogen) atoms. The van der Waals surface area contributed by atoms with E-state index in [1.807, 2.05) is 18.2 Å². The lowest BCUT2D eigenvalue weighted by Gasteiger charge is -2.17. The van der Waals surface area contributed by atoms with Gasteiger partial charge in [0.1, 0.15) is 0 Å². The summed E-state index contributed by atoms with van der Waals surface area (Å²) in [6.07, 6.45) is 0. The molecule has 0 heterocycles. The van der Waals surface area contributed by atoms with Crippen molar-refractivity contribution in [2.75, 3.05) is 10.6 Å². The van der Waals surface area contributed by atoms with E-state index in [9.17, 15) is 0 Å². The zero-order valence-corrected chi connectivity index (χ0v) is 15.4. The number of nitrogens with one attached hydrogen (secondary N) is 2. The van der Waals surface area contributed by atoms with Gasteiger partial charge in [-0.3, -0.25) is 0 Å². The number of hydrogen-bond donors (Lipinski definition) is 2. The SMILES string of the molecule is c1ccc(Nc2ccccc2Nc2c3ccccc3cc3ccccc23)cc1. The van der Waals surface area contributed by atoms with Gasteiger partial charge in [-0.25, -0.2) is 0 Å². The Bertz CT molecular complexity index is 1210. The van der Waals surface area contributed by atoms with Crippen LogP contribution in [0.3, 0.4) is 0 Å². The van der Waals surface area contributed by atoms with Gasteiger partial charge in [-0.1, -0.05) is 78.9 Å². The van der Waals surface area contributed by atoms with Crippen molar-refractivity contribution in [1.82, 2.24) is 0 Å². The van der Waals surface area contributed by atoms with Crippen LogP contribution in [-0.4, -0.2) is 0 Å². The van der Waals surface area contributed by atoms with Crippen LogP contribution in [-0.2, 0) is 0 Å². The van der Waals surface area contributed by atoms with Crippen LogP contribution in [0, 0.1) is 0 Å². The van der Waals surface area contributed by atoms with Gasteiger partial charge < -0.3 is 10.6 Å². The molecule has 5 rings (SSSR count). The van der Waals surface area contributed by atoms with Crippen LogP contribution in [0.25, 0.3) is 21.5 Å². The smallest absolute Gasteiger partial charge is 0.0623 e. The molecule has 0 aromatic heterocycles. The number of para-hydroxylation sites is 3. The molecule has 2 nitrogen and oxygen atoms in total. The molecule has 0 aliphatic carbocycles. The average Bonchev–Trinajstić information content (AvgIpc) is 2.75. The Morgan fingerprint density at radius 1 is 0.429 bits per heavy atom. The number of fused-ring (bicyclic) bond motifs is 2. The van der Waals surface area contributed by atoms with E-state index in [-0.39, 0.29) is 0 Å². The molecule has 0 fully saturated rings. The molecule has 0 spiro atoms. The largest absolute Gasteiger partial charge is 0.354 e. The summed E-state index contributed by atoms with van der Waals surface area (Å²) >= 11 is 0. The lowest BCUT2D eigenvalue weighted by molar-refractivity contribution is 1.52. The lowest BCUT2D eigenvalue weighted by Crippen LogP contribution is -1.98. The molecular weight excluding hydrogens is 340 g/mol. The summed E-state index contributed by atoms with van der Waals surface area (Å²) in [7, 11) is 0. The molecule has 5 aromatic rings. The van der Waals surface area contributed by atoms with Crippen molar-refractivity contribution >= 4 is 44.3 Å². The fourth-order valence-electron chi connectivity index (χ4n) is 3.66. The molecule has 2 heteroatoms. The van der Waals surface area contributed by atoms with Crippen molar-refractivity contribution in [3.63, 3.8) is 0 Å². The van der Waals surface area contributed by atoms with E-state index in [0.717, 1.165) is 22.7 Å². The minimum absolute atomic E-state index is 1.05. The standard InChI is InChI=1S/C26H20N2/c1-2-12-21(13-3-1)27-24-16-8-9-17-25(24)28-26-22-14-6-4-10-19(22)18-20-11-5-7-15-23(20)26/h1-18,27-28H. The molecule has 0 unspecified atom stereocenters. The minimum Gasteiger partial charge on any atom is -0.354 e. The van der Waals surface area contributed by atoms with Crippen molar-refractivity contribution in [1.29, 1.82) is 0 Å². The van der Waals surface area contributed by atoms with Crippen molar-refractivity contribution in [2.45, 2.75) is 0 Å². The van der Waals surface area contributed by atoms with E-state index in [2.05, 4.69) is 102 Å². The average molecular weight is 360 g/mol. The Morgan fingerprint density at radius 3 is 1.57 bits per heavy atom. The van der Waals surface area contributed by atoms with Gasteiger partial charge in [-0.2, -0.15) is 0 Å². The van der Waals surface area contributed by atoms with Gasteiger partial charge in [0.2, 0.25) is 0 Å². The summed E-state index contributed by atoms with van der Waals surface area (Å²) in [5.41, 5.74) is 4.30. The zero-order chi connectivity index (χ0) is 18.8. The van der Waals surface area contributed by atoms with Crippen LogP contribution in [0.2, 0.25) is 0 Å². The van der Waals surface area contributed by atoms with Gasteiger partial charge in [0.15, 0.2) is 0 Å². The normalized spacial score (nSPS) is 10.9. The summed E-state index contributed by atoms with van der Waals surface area (Å²) in [5.74, 6) is 0. The number of benzene rings is 5. The van der Waals surface area contributed by atoms with Crippen LogP contribution in [0.15, 0.2) is 109 Å². The first-order valence-corrected chi connectivity index (χ1v) is 9.47. The topological polar surface area (TPSA) is 24.1 Å². The zero-order valence-electron chi connectivity index (χ0n) is 15.4. The fourth-order valence-corrected chi connectivity index (χ4v) is 3.66. The van der Waals surface area contributed by atoms with Gasteiger partial charge >= 0.3 is 0 Å². The Hall–Kier alpha value is -3.78. The first-order valence-electron chi connectivity index (χ1n) is 9.47. The van der Waals surface area contributed by atoms with E-state index in [1.165, 1.54) is 21.5 Å². The number of rotatable bonds is 4. The van der Waals surface area contributed by atoms with Crippen molar-refractivity contribution < 1.29 is 0 Å². The van der Waals surface area contributed by atoms with Gasteiger partial charge in [0.05, 0.1) is 17.1 Å². The lowest BCUT2D eigenvalue weighted by atomic mass is 10.0. The molecule has 2 N–H and O–H groups in total. The Balaban J connectivity index is 1.64. The van der Waals surface area contributed by atoms with E-state index in [1.54, 1.807) is 0 Å². The first kappa shape index (κ1) is 16.4. The molecule has 0 bridgehead atoms. The molecule has 0 atom stereocenters. The van der Waals surface area contributed by atoms with Gasteiger partial charge in [0, 0.05) is 16.5 Å². The van der Waals surface area contributed by atoms with E-state index in [4.69, 9.17) is 0 Å². The third kappa shape index (κ3) is 3.06. The maximum absolute atomic E-state index is 3.72. The number of hydrogen-bond acceptors (Lipinski definition) is 2. The summed E-state index contributed by atoms with van der Waals surface area (Å²) in [6, 6.07) is 37.9. The molecule has 0 aliphatic heterocycles. The van der Waals surface area contributed by atoms with Crippen LogP contribution < -0.4 is 10.6 Å². The predicted octanol–water partition coefficient (Wildman–Crippen LogP) is 7.48. The quantitative estimate of drug-likeness (QED) is 0.325.